The molecular weight excluding hydrogens is 282 g/mol. The molecule has 2 fully saturated rings. The molecule has 0 atom stereocenters. The highest BCUT2D eigenvalue weighted by Gasteiger charge is 2.22. The minimum absolute atomic E-state index is 0.00173. The van der Waals surface area contributed by atoms with Crippen LogP contribution in [-0.2, 0) is 4.74 Å². The summed E-state index contributed by atoms with van der Waals surface area (Å²) in [5, 5.41) is 0. The summed E-state index contributed by atoms with van der Waals surface area (Å²) in [7, 11) is 0. The Hall–Kier alpha value is -1.95. The number of nitrogens with zero attached hydrogens (tertiary/aromatic N) is 3. The molecule has 2 saturated heterocycles. The highest BCUT2D eigenvalue weighted by molar-refractivity contribution is 5.98. The Balaban J connectivity index is 1.73. The maximum atomic E-state index is 12.5. The number of piperidine rings is 1. The normalized spacial score (nSPS) is 19.1. The number of ether oxygens (including phenoxy) is 1. The third-order valence-electron chi connectivity index (χ3n) is 4.17. The number of morpholine rings is 1. The van der Waals surface area contributed by atoms with Crippen LogP contribution in [0.2, 0.25) is 0 Å². The molecule has 0 aromatic carbocycles. The predicted octanol–water partition coefficient (Wildman–Crippen LogP) is 1.18. The lowest BCUT2D eigenvalue weighted by Crippen LogP contribution is -2.41. The summed E-state index contributed by atoms with van der Waals surface area (Å²) in [4.78, 5) is 32.7. The van der Waals surface area contributed by atoms with E-state index >= 15 is 0 Å². The second kappa shape index (κ2) is 6.87. The topological polar surface area (TPSA) is 62.7 Å². The predicted molar refractivity (Wildman–Crippen MR) is 80.7 cm³/mol. The number of carbonyl (C=O) groups is 2. The molecule has 0 N–H and O–H groups in total. The third-order valence-corrected chi connectivity index (χ3v) is 4.17. The van der Waals surface area contributed by atoms with E-state index in [1.54, 1.807) is 23.2 Å². The van der Waals surface area contributed by atoms with Gasteiger partial charge in [-0.15, -0.1) is 0 Å². The van der Waals surface area contributed by atoms with Crippen LogP contribution in [0, 0.1) is 0 Å². The SMILES string of the molecule is O=C(c1ccnc(C(=O)N2CCOCC2)c1)N1CCCCC1. The number of amides is 2. The fraction of sp³-hybridized carbons (Fsp3) is 0.562. The van der Waals surface area contributed by atoms with E-state index in [1.165, 1.54) is 6.42 Å². The molecule has 0 bridgehead atoms. The van der Waals surface area contributed by atoms with Gasteiger partial charge in [-0.2, -0.15) is 0 Å². The summed E-state index contributed by atoms with van der Waals surface area (Å²) in [6.07, 6.45) is 4.83. The smallest absolute Gasteiger partial charge is 0.272 e. The van der Waals surface area contributed by atoms with Crippen LogP contribution in [0.15, 0.2) is 18.3 Å². The first kappa shape index (κ1) is 15.0. The standard InChI is InChI=1S/C16H21N3O3/c20-15(18-6-2-1-3-7-18)13-4-5-17-14(12-13)16(21)19-8-10-22-11-9-19/h4-5,12H,1-3,6-11H2. The van der Waals surface area contributed by atoms with Gasteiger partial charge in [-0.05, 0) is 31.4 Å². The molecule has 118 valence electrons. The first-order valence-electron chi connectivity index (χ1n) is 7.88. The zero-order valence-electron chi connectivity index (χ0n) is 12.7. The molecule has 0 spiro atoms. The van der Waals surface area contributed by atoms with Gasteiger partial charge in [-0.1, -0.05) is 0 Å². The molecule has 6 heteroatoms. The molecule has 0 aliphatic carbocycles. The van der Waals surface area contributed by atoms with Crippen molar-refractivity contribution >= 4 is 11.8 Å². The van der Waals surface area contributed by atoms with Crippen LogP contribution in [0.4, 0.5) is 0 Å². The quantitative estimate of drug-likeness (QED) is 0.823. The molecule has 2 amide bonds. The van der Waals surface area contributed by atoms with Gasteiger partial charge in [0.2, 0.25) is 0 Å². The van der Waals surface area contributed by atoms with Crippen LogP contribution in [0.1, 0.15) is 40.1 Å². The summed E-state index contributed by atoms with van der Waals surface area (Å²) < 4.78 is 5.25. The molecule has 0 radical (unpaired) electrons. The molecular formula is C16H21N3O3. The van der Waals surface area contributed by atoms with E-state index in [0.717, 1.165) is 25.9 Å². The Bertz CT molecular complexity index is 504. The fourth-order valence-corrected chi connectivity index (χ4v) is 2.89. The summed E-state index contributed by atoms with van der Waals surface area (Å²) in [6, 6.07) is 3.31. The number of likely N-dealkylation sites (tertiary alicyclic amines) is 1. The summed E-state index contributed by atoms with van der Waals surface area (Å²) in [5.74, 6) is -0.130. The first-order valence-corrected chi connectivity index (χ1v) is 7.88. The lowest BCUT2D eigenvalue weighted by Gasteiger charge is -2.27. The molecule has 1 aromatic rings. The largest absolute Gasteiger partial charge is 0.378 e. The molecule has 6 nitrogen and oxygen atoms in total. The Kier molecular flexibility index (Phi) is 4.68. The molecule has 3 rings (SSSR count). The lowest BCUT2D eigenvalue weighted by atomic mass is 10.1. The molecule has 0 unspecified atom stereocenters. The number of pyridine rings is 1. The van der Waals surface area contributed by atoms with Crippen molar-refractivity contribution in [2.45, 2.75) is 19.3 Å². The van der Waals surface area contributed by atoms with E-state index in [4.69, 9.17) is 4.74 Å². The van der Waals surface area contributed by atoms with Gasteiger partial charge in [0.1, 0.15) is 5.69 Å². The Labute approximate surface area is 130 Å². The maximum absolute atomic E-state index is 12.5. The van der Waals surface area contributed by atoms with Gasteiger partial charge in [-0.3, -0.25) is 14.6 Å². The maximum Gasteiger partial charge on any atom is 0.272 e. The monoisotopic (exact) mass is 303 g/mol. The van der Waals surface area contributed by atoms with E-state index in [1.807, 2.05) is 4.90 Å². The van der Waals surface area contributed by atoms with Crippen molar-refractivity contribution < 1.29 is 14.3 Å². The highest BCUT2D eigenvalue weighted by atomic mass is 16.5. The molecule has 0 saturated carbocycles. The number of hydrogen-bond donors (Lipinski definition) is 0. The Morgan fingerprint density at radius 1 is 0.955 bits per heavy atom. The van der Waals surface area contributed by atoms with E-state index in [9.17, 15) is 9.59 Å². The molecule has 1 aromatic heterocycles. The van der Waals surface area contributed by atoms with Crippen molar-refractivity contribution in [2.24, 2.45) is 0 Å². The Morgan fingerprint density at radius 2 is 1.64 bits per heavy atom. The van der Waals surface area contributed by atoms with Crippen LogP contribution in [0.5, 0.6) is 0 Å². The van der Waals surface area contributed by atoms with Crippen LogP contribution in [0.3, 0.4) is 0 Å². The van der Waals surface area contributed by atoms with Crippen molar-refractivity contribution in [1.29, 1.82) is 0 Å². The molecule has 2 aliphatic rings. The van der Waals surface area contributed by atoms with Crippen molar-refractivity contribution in [2.75, 3.05) is 39.4 Å². The van der Waals surface area contributed by atoms with Crippen LogP contribution >= 0.6 is 0 Å². The minimum atomic E-state index is -0.128. The van der Waals surface area contributed by atoms with Gasteiger partial charge < -0.3 is 14.5 Å². The number of carbonyl (C=O) groups excluding carboxylic acids is 2. The van der Waals surface area contributed by atoms with Gasteiger partial charge >= 0.3 is 0 Å². The average Bonchev–Trinajstić information content (AvgIpc) is 2.62. The first-order chi connectivity index (χ1) is 10.8. The van der Waals surface area contributed by atoms with Crippen LogP contribution < -0.4 is 0 Å². The minimum Gasteiger partial charge on any atom is -0.378 e. The summed E-state index contributed by atoms with van der Waals surface area (Å²) >= 11 is 0. The van der Waals surface area contributed by atoms with Gasteiger partial charge in [0.05, 0.1) is 13.2 Å². The highest BCUT2D eigenvalue weighted by Crippen LogP contribution is 2.14. The van der Waals surface area contributed by atoms with Crippen molar-refractivity contribution in [3.63, 3.8) is 0 Å². The van der Waals surface area contributed by atoms with E-state index in [-0.39, 0.29) is 11.8 Å². The number of aromatic nitrogens is 1. The molecule has 22 heavy (non-hydrogen) atoms. The molecule has 3 heterocycles. The number of hydrogen-bond acceptors (Lipinski definition) is 4. The van der Waals surface area contributed by atoms with Crippen molar-refractivity contribution in [1.82, 2.24) is 14.8 Å². The number of rotatable bonds is 2. The van der Waals surface area contributed by atoms with Gasteiger partial charge in [-0.25, -0.2) is 0 Å². The van der Waals surface area contributed by atoms with E-state index < -0.39 is 0 Å². The van der Waals surface area contributed by atoms with Gasteiger partial charge in [0.25, 0.3) is 11.8 Å². The van der Waals surface area contributed by atoms with E-state index in [2.05, 4.69) is 4.98 Å². The van der Waals surface area contributed by atoms with Crippen LogP contribution in [0.25, 0.3) is 0 Å². The zero-order chi connectivity index (χ0) is 15.4. The fourth-order valence-electron chi connectivity index (χ4n) is 2.89. The summed E-state index contributed by atoms with van der Waals surface area (Å²) in [6.45, 7) is 3.85. The molecule has 2 aliphatic heterocycles. The zero-order valence-corrected chi connectivity index (χ0v) is 12.7. The summed E-state index contributed by atoms with van der Waals surface area (Å²) in [5.41, 5.74) is 0.887. The third kappa shape index (κ3) is 3.27. The Morgan fingerprint density at radius 3 is 2.36 bits per heavy atom. The van der Waals surface area contributed by atoms with Crippen molar-refractivity contribution in [3.8, 4) is 0 Å². The van der Waals surface area contributed by atoms with Gasteiger partial charge in [0.15, 0.2) is 0 Å². The average molecular weight is 303 g/mol. The lowest BCUT2D eigenvalue weighted by molar-refractivity contribution is 0.0299. The van der Waals surface area contributed by atoms with E-state index in [0.29, 0.717) is 37.6 Å². The second-order valence-corrected chi connectivity index (χ2v) is 5.69. The van der Waals surface area contributed by atoms with Crippen LogP contribution in [-0.4, -0.2) is 66.0 Å². The second-order valence-electron chi connectivity index (χ2n) is 5.69. The van der Waals surface area contributed by atoms with Gasteiger partial charge in [0, 0.05) is 37.9 Å². The van der Waals surface area contributed by atoms with Crippen molar-refractivity contribution in [3.05, 3.63) is 29.6 Å².